The third-order valence-corrected chi connectivity index (χ3v) is 4.69. The molecule has 5 rings (SSSR count). The van der Waals surface area contributed by atoms with Gasteiger partial charge in [0.1, 0.15) is 11.4 Å². The summed E-state index contributed by atoms with van der Waals surface area (Å²) in [6, 6.07) is 19.6. The van der Waals surface area contributed by atoms with Crippen molar-refractivity contribution < 1.29 is 9.53 Å². The maximum Gasteiger partial charge on any atom is 0.265 e. The number of ether oxygens (including phenoxy) is 1. The Bertz CT molecular complexity index is 1170. The first-order valence-electron chi connectivity index (χ1n) is 9.02. The smallest absolute Gasteiger partial charge is 0.265 e. The van der Waals surface area contributed by atoms with E-state index >= 15 is 0 Å². The molecule has 0 aliphatic carbocycles. The second-order valence-corrected chi connectivity index (χ2v) is 6.64. The second kappa shape index (κ2) is 6.77. The Labute approximate surface area is 161 Å². The highest BCUT2D eigenvalue weighted by Crippen LogP contribution is 2.32. The largest absolute Gasteiger partial charge is 0.482 e. The van der Waals surface area contributed by atoms with Crippen LogP contribution in [-0.2, 0) is 17.9 Å². The lowest BCUT2D eigenvalue weighted by atomic mass is 10.2. The average Bonchev–Trinajstić information content (AvgIpc) is 3.17. The number of para-hydroxylation sites is 3. The third kappa shape index (κ3) is 3.07. The quantitative estimate of drug-likeness (QED) is 0.552. The number of carbonyl (C=O) groups is 1. The molecule has 0 saturated heterocycles. The Balaban J connectivity index is 1.35. The summed E-state index contributed by atoms with van der Waals surface area (Å²) in [4.78, 5) is 18.7. The first kappa shape index (κ1) is 16.4. The van der Waals surface area contributed by atoms with Gasteiger partial charge in [-0.2, -0.15) is 0 Å². The van der Waals surface area contributed by atoms with Gasteiger partial charge in [-0.15, -0.1) is 5.10 Å². The van der Waals surface area contributed by atoms with E-state index in [1.807, 2.05) is 60.8 Å². The molecule has 0 bridgehead atoms. The number of amides is 1. The van der Waals surface area contributed by atoms with E-state index in [0.717, 1.165) is 22.3 Å². The fraction of sp³-hybridized carbons (Fsp3) is 0.143. The van der Waals surface area contributed by atoms with Crippen LogP contribution in [-0.4, -0.2) is 32.5 Å². The number of aromatic nitrogens is 4. The lowest BCUT2D eigenvalue weighted by Gasteiger charge is -2.28. The normalized spacial score (nSPS) is 13.4. The van der Waals surface area contributed by atoms with Crippen LogP contribution in [0.3, 0.4) is 0 Å². The van der Waals surface area contributed by atoms with Crippen LogP contribution in [0.5, 0.6) is 5.75 Å². The number of nitrogens with zero attached hydrogens (tertiary/aromatic N) is 5. The number of fused-ring (bicyclic) bond motifs is 2. The molecule has 0 atom stereocenters. The molecule has 7 heteroatoms. The fourth-order valence-electron chi connectivity index (χ4n) is 3.34. The van der Waals surface area contributed by atoms with Crippen LogP contribution < -0.4 is 9.64 Å². The van der Waals surface area contributed by atoms with E-state index in [0.29, 0.717) is 24.5 Å². The van der Waals surface area contributed by atoms with Gasteiger partial charge in [-0.3, -0.25) is 14.7 Å². The molecular weight excluding hydrogens is 354 g/mol. The van der Waals surface area contributed by atoms with E-state index < -0.39 is 0 Å². The Morgan fingerprint density at radius 1 is 0.929 bits per heavy atom. The predicted molar refractivity (Wildman–Crippen MR) is 104 cm³/mol. The van der Waals surface area contributed by atoms with Gasteiger partial charge in [0.25, 0.3) is 5.91 Å². The summed E-state index contributed by atoms with van der Waals surface area (Å²) >= 11 is 0. The van der Waals surface area contributed by atoms with Gasteiger partial charge in [-0.1, -0.05) is 41.6 Å². The van der Waals surface area contributed by atoms with Crippen molar-refractivity contribution >= 4 is 22.5 Å². The van der Waals surface area contributed by atoms with Crippen molar-refractivity contribution in [3.8, 4) is 5.75 Å². The highest BCUT2D eigenvalue weighted by Gasteiger charge is 2.26. The molecule has 2 aromatic heterocycles. The van der Waals surface area contributed by atoms with Gasteiger partial charge in [0.2, 0.25) is 0 Å². The molecule has 0 unspecified atom stereocenters. The van der Waals surface area contributed by atoms with E-state index in [1.165, 1.54) is 0 Å². The molecule has 4 aromatic rings. The molecule has 0 spiro atoms. The molecule has 1 aliphatic heterocycles. The number of benzene rings is 2. The zero-order chi connectivity index (χ0) is 18.9. The zero-order valence-corrected chi connectivity index (χ0v) is 15.0. The molecule has 28 heavy (non-hydrogen) atoms. The van der Waals surface area contributed by atoms with Gasteiger partial charge in [0.05, 0.1) is 36.2 Å². The molecule has 0 fully saturated rings. The van der Waals surface area contributed by atoms with E-state index in [4.69, 9.17) is 4.74 Å². The molecule has 1 amide bonds. The van der Waals surface area contributed by atoms with E-state index in [9.17, 15) is 4.79 Å². The Morgan fingerprint density at radius 3 is 2.75 bits per heavy atom. The standard InChI is InChI=1S/C21H17N5O2/c27-21-14-28-20-8-4-3-7-19(20)26(21)13-17-12-25(24-23-17)11-16-10-9-15-5-1-2-6-18(15)22-16/h1-10,12H,11,13-14H2. The van der Waals surface area contributed by atoms with Crippen molar-refractivity contribution in [1.82, 2.24) is 20.0 Å². The van der Waals surface area contributed by atoms with Crippen LogP contribution in [0.15, 0.2) is 66.9 Å². The number of pyridine rings is 1. The van der Waals surface area contributed by atoms with Gasteiger partial charge >= 0.3 is 0 Å². The Hall–Kier alpha value is -3.74. The molecule has 138 valence electrons. The summed E-state index contributed by atoms with van der Waals surface area (Å²) in [6.45, 7) is 0.905. The summed E-state index contributed by atoms with van der Waals surface area (Å²) < 4.78 is 7.22. The lowest BCUT2D eigenvalue weighted by Crippen LogP contribution is -2.38. The Morgan fingerprint density at radius 2 is 1.79 bits per heavy atom. The first-order valence-corrected chi connectivity index (χ1v) is 9.02. The third-order valence-electron chi connectivity index (χ3n) is 4.69. The second-order valence-electron chi connectivity index (χ2n) is 6.64. The van der Waals surface area contributed by atoms with Crippen LogP contribution in [0.4, 0.5) is 5.69 Å². The summed E-state index contributed by atoms with van der Waals surface area (Å²) in [7, 11) is 0. The average molecular weight is 371 g/mol. The van der Waals surface area contributed by atoms with E-state index in [2.05, 4.69) is 21.4 Å². The molecule has 0 saturated carbocycles. The minimum absolute atomic E-state index is 0.0339. The number of hydrogen-bond acceptors (Lipinski definition) is 5. The van der Waals surface area contributed by atoms with Crippen LogP contribution in [0.2, 0.25) is 0 Å². The van der Waals surface area contributed by atoms with Crippen molar-refractivity contribution in [2.45, 2.75) is 13.1 Å². The Kier molecular flexibility index (Phi) is 3.97. The summed E-state index contributed by atoms with van der Waals surface area (Å²) in [5.41, 5.74) is 3.33. The topological polar surface area (TPSA) is 73.1 Å². The van der Waals surface area contributed by atoms with Gasteiger partial charge in [0, 0.05) is 5.39 Å². The maximum atomic E-state index is 12.3. The minimum Gasteiger partial charge on any atom is -0.482 e. The molecule has 1 aliphatic rings. The van der Waals surface area contributed by atoms with Crippen LogP contribution in [0.25, 0.3) is 10.9 Å². The van der Waals surface area contributed by atoms with Crippen molar-refractivity contribution in [2.24, 2.45) is 0 Å². The molecular formula is C21H17N5O2. The molecule has 2 aromatic carbocycles. The van der Waals surface area contributed by atoms with E-state index in [-0.39, 0.29) is 12.5 Å². The summed E-state index contributed by atoms with van der Waals surface area (Å²) in [5.74, 6) is 0.610. The highest BCUT2D eigenvalue weighted by molar-refractivity contribution is 5.97. The SMILES string of the molecule is O=C1COc2ccccc2N1Cc1cn(Cc2ccc3ccccc3n2)nn1. The molecule has 7 nitrogen and oxygen atoms in total. The van der Waals surface area contributed by atoms with Crippen molar-refractivity contribution in [1.29, 1.82) is 0 Å². The van der Waals surface area contributed by atoms with Crippen molar-refractivity contribution in [3.05, 3.63) is 78.2 Å². The number of carbonyl (C=O) groups excluding carboxylic acids is 1. The van der Waals surface area contributed by atoms with Crippen LogP contribution in [0, 0.1) is 0 Å². The summed E-state index contributed by atoms with van der Waals surface area (Å²) in [5, 5.41) is 9.53. The lowest BCUT2D eigenvalue weighted by molar-refractivity contribution is -0.121. The van der Waals surface area contributed by atoms with Gasteiger partial charge < -0.3 is 4.74 Å². The van der Waals surface area contributed by atoms with Crippen LogP contribution >= 0.6 is 0 Å². The molecule has 0 radical (unpaired) electrons. The minimum atomic E-state index is -0.0931. The fourth-order valence-corrected chi connectivity index (χ4v) is 3.34. The number of rotatable bonds is 4. The van der Waals surface area contributed by atoms with Crippen LogP contribution in [0.1, 0.15) is 11.4 Å². The first-order chi connectivity index (χ1) is 13.8. The van der Waals surface area contributed by atoms with Gasteiger partial charge in [-0.05, 0) is 24.3 Å². The van der Waals surface area contributed by atoms with E-state index in [1.54, 1.807) is 9.58 Å². The van der Waals surface area contributed by atoms with Crippen molar-refractivity contribution in [3.63, 3.8) is 0 Å². The maximum absolute atomic E-state index is 12.3. The predicted octanol–water partition coefficient (Wildman–Crippen LogP) is 2.80. The molecule has 0 N–H and O–H groups in total. The monoisotopic (exact) mass is 371 g/mol. The zero-order valence-electron chi connectivity index (χ0n) is 15.0. The molecule has 3 heterocycles. The van der Waals surface area contributed by atoms with Gasteiger partial charge in [-0.25, -0.2) is 4.68 Å². The highest BCUT2D eigenvalue weighted by atomic mass is 16.5. The van der Waals surface area contributed by atoms with Crippen molar-refractivity contribution in [2.75, 3.05) is 11.5 Å². The number of hydrogen-bond donors (Lipinski definition) is 0. The number of anilines is 1. The van der Waals surface area contributed by atoms with Gasteiger partial charge in [0.15, 0.2) is 6.61 Å². The summed E-state index contributed by atoms with van der Waals surface area (Å²) in [6.07, 6.45) is 1.85.